The first-order chi connectivity index (χ1) is 11.2. The number of carboxylic acids is 4. The van der Waals surface area contributed by atoms with Crippen LogP contribution in [0.2, 0.25) is 0 Å². The topological polar surface area (TPSA) is 168 Å². The van der Waals surface area contributed by atoms with Gasteiger partial charge in [0.2, 0.25) is 0 Å². The van der Waals surface area contributed by atoms with Crippen LogP contribution in [0.25, 0.3) is 0 Å². The zero-order chi connectivity index (χ0) is 18.5. The van der Waals surface area contributed by atoms with Crippen LogP contribution in [0.4, 0.5) is 0 Å². The summed E-state index contributed by atoms with van der Waals surface area (Å²) in [5.74, 6) is -3.99. The minimum Gasteiger partial charge on any atom is -0.481 e. The van der Waals surface area contributed by atoms with Gasteiger partial charge >= 0.3 is 23.9 Å². The Morgan fingerprint density at radius 3 is 1.25 bits per heavy atom. The minimum absolute atomic E-state index is 0.200. The fourth-order valence-electron chi connectivity index (χ4n) is 1.18. The van der Waals surface area contributed by atoms with Crippen LogP contribution in [-0.2, 0) is 19.2 Å². The van der Waals surface area contributed by atoms with Crippen molar-refractivity contribution in [2.24, 2.45) is 0 Å². The lowest BCUT2D eigenvalue weighted by molar-refractivity contribution is -0.143. The van der Waals surface area contributed by atoms with Crippen molar-refractivity contribution in [1.82, 2.24) is 0 Å². The summed E-state index contributed by atoms with van der Waals surface area (Å²) >= 11 is 0. The smallest absolute Gasteiger partial charge is 0.341 e. The van der Waals surface area contributed by atoms with Gasteiger partial charge in [0.25, 0.3) is 0 Å². The third-order valence-corrected chi connectivity index (χ3v) is 2.10. The van der Waals surface area contributed by atoms with Gasteiger partial charge in [0, 0.05) is 0 Å². The monoisotopic (exact) mass is 344 g/mol. The SMILES string of the molecule is O=C(O)CCC(=O)O.O=C(O)COc1ccccc1OCC(=O)O. The third-order valence-electron chi connectivity index (χ3n) is 2.10. The molecule has 10 heteroatoms. The predicted octanol–water partition coefficient (Wildman–Crippen LogP) is 0.549. The number of carbonyl (C=O) groups is 4. The third kappa shape index (κ3) is 11.4. The van der Waals surface area contributed by atoms with Crippen molar-refractivity contribution in [2.75, 3.05) is 13.2 Å². The lowest BCUT2D eigenvalue weighted by Crippen LogP contribution is -2.12. The van der Waals surface area contributed by atoms with Crippen LogP contribution in [0.15, 0.2) is 24.3 Å². The van der Waals surface area contributed by atoms with E-state index < -0.39 is 37.1 Å². The first-order valence-corrected chi connectivity index (χ1v) is 6.44. The standard InChI is InChI=1S/C10H10O6.C4H6O4/c11-9(12)5-15-7-3-1-2-4-8(7)16-6-10(13)14;5-3(6)1-2-4(7)8/h1-4H,5-6H2,(H,11,12)(H,13,14);1-2H2,(H,5,6)(H,7,8). The van der Waals surface area contributed by atoms with Gasteiger partial charge < -0.3 is 29.9 Å². The Morgan fingerprint density at radius 2 is 1.00 bits per heavy atom. The van der Waals surface area contributed by atoms with Crippen molar-refractivity contribution in [3.05, 3.63) is 24.3 Å². The van der Waals surface area contributed by atoms with E-state index in [4.69, 9.17) is 29.9 Å². The number of benzene rings is 1. The highest BCUT2D eigenvalue weighted by molar-refractivity contribution is 5.75. The van der Waals surface area contributed by atoms with Gasteiger partial charge in [-0.05, 0) is 12.1 Å². The molecule has 1 rings (SSSR count). The molecule has 0 aliphatic heterocycles. The molecule has 0 aliphatic rings. The lowest BCUT2D eigenvalue weighted by atomic mass is 10.3. The van der Waals surface area contributed by atoms with Crippen molar-refractivity contribution < 1.29 is 49.1 Å². The Bertz CT molecular complexity index is 530. The molecule has 0 atom stereocenters. The van der Waals surface area contributed by atoms with E-state index >= 15 is 0 Å². The van der Waals surface area contributed by atoms with E-state index in [1.54, 1.807) is 12.1 Å². The highest BCUT2D eigenvalue weighted by Crippen LogP contribution is 2.26. The Balaban J connectivity index is 0.000000561. The first-order valence-electron chi connectivity index (χ1n) is 6.44. The summed E-state index contributed by atoms with van der Waals surface area (Å²) in [7, 11) is 0. The number of ether oxygens (including phenoxy) is 2. The molecule has 0 aromatic heterocycles. The van der Waals surface area contributed by atoms with Crippen molar-refractivity contribution in [1.29, 1.82) is 0 Å². The molecule has 0 spiro atoms. The van der Waals surface area contributed by atoms with Gasteiger partial charge in [-0.3, -0.25) is 9.59 Å². The van der Waals surface area contributed by atoms with Gasteiger partial charge in [-0.1, -0.05) is 12.1 Å². The molecule has 4 N–H and O–H groups in total. The summed E-state index contributed by atoms with van der Waals surface area (Å²) < 4.78 is 9.83. The number of hydrogen-bond donors (Lipinski definition) is 4. The molecule has 0 radical (unpaired) electrons. The van der Waals surface area contributed by atoms with E-state index in [0.29, 0.717) is 0 Å². The highest BCUT2D eigenvalue weighted by atomic mass is 16.5. The molecule has 0 aliphatic carbocycles. The van der Waals surface area contributed by atoms with Crippen molar-refractivity contribution in [3.63, 3.8) is 0 Å². The van der Waals surface area contributed by atoms with Crippen LogP contribution < -0.4 is 9.47 Å². The molecule has 0 saturated heterocycles. The van der Waals surface area contributed by atoms with E-state index in [9.17, 15) is 19.2 Å². The lowest BCUT2D eigenvalue weighted by Gasteiger charge is -2.09. The molecular formula is C14H16O10. The maximum absolute atomic E-state index is 10.3. The number of carboxylic acid groups (broad SMARTS) is 4. The van der Waals surface area contributed by atoms with Crippen LogP contribution >= 0.6 is 0 Å². The van der Waals surface area contributed by atoms with Crippen LogP contribution in [-0.4, -0.2) is 57.5 Å². The number of rotatable bonds is 9. The van der Waals surface area contributed by atoms with Crippen molar-refractivity contribution in [2.45, 2.75) is 12.8 Å². The molecule has 0 unspecified atom stereocenters. The summed E-state index contributed by atoms with van der Waals surface area (Å²) in [6.07, 6.45) is -0.593. The second kappa shape index (κ2) is 11.3. The van der Waals surface area contributed by atoms with Crippen LogP contribution in [0.5, 0.6) is 11.5 Å². The average Bonchev–Trinajstić information content (AvgIpc) is 2.50. The number of aliphatic carboxylic acids is 4. The van der Waals surface area contributed by atoms with E-state index in [0.717, 1.165) is 0 Å². The summed E-state index contributed by atoms with van der Waals surface area (Å²) in [5, 5.41) is 32.6. The van der Waals surface area contributed by atoms with Crippen LogP contribution in [0, 0.1) is 0 Å². The Labute approximate surface area is 135 Å². The van der Waals surface area contributed by atoms with Gasteiger partial charge in [-0.25, -0.2) is 9.59 Å². The molecule has 132 valence electrons. The van der Waals surface area contributed by atoms with E-state index in [2.05, 4.69) is 0 Å². The van der Waals surface area contributed by atoms with Gasteiger partial charge in [-0.2, -0.15) is 0 Å². The van der Waals surface area contributed by atoms with Gasteiger partial charge in [0.1, 0.15) is 0 Å². The predicted molar refractivity (Wildman–Crippen MR) is 77.2 cm³/mol. The van der Waals surface area contributed by atoms with Crippen molar-refractivity contribution in [3.8, 4) is 11.5 Å². The molecule has 1 aromatic carbocycles. The van der Waals surface area contributed by atoms with E-state index in [-0.39, 0.29) is 24.3 Å². The zero-order valence-electron chi connectivity index (χ0n) is 12.4. The van der Waals surface area contributed by atoms with E-state index in [1.165, 1.54) is 12.1 Å². The summed E-state index contributed by atoms with van der Waals surface area (Å²) in [4.78, 5) is 39.9. The fraction of sp³-hybridized carbons (Fsp3) is 0.286. The molecule has 0 amide bonds. The molecule has 10 nitrogen and oxygen atoms in total. The van der Waals surface area contributed by atoms with Crippen molar-refractivity contribution >= 4 is 23.9 Å². The highest BCUT2D eigenvalue weighted by Gasteiger charge is 2.07. The summed E-state index contributed by atoms with van der Waals surface area (Å²) in [6.45, 7) is -1.01. The van der Waals surface area contributed by atoms with Gasteiger partial charge in [0.15, 0.2) is 24.7 Å². The maximum Gasteiger partial charge on any atom is 0.341 e. The maximum atomic E-state index is 10.3. The minimum atomic E-state index is -1.12. The molecule has 0 fully saturated rings. The molecular weight excluding hydrogens is 328 g/mol. The Morgan fingerprint density at radius 1 is 0.667 bits per heavy atom. The quantitative estimate of drug-likeness (QED) is 0.496. The Hall–Kier alpha value is -3.30. The van der Waals surface area contributed by atoms with E-state index in [1.807, 2.05) is 0 Å². The molecule has 0 bridgehead atoms. The average molecular weight is 344 g/mol. The summed E-state index contributed by atoms with van der Waals surface area (Å²) in [5.41, 5.74) is 0. The summed E-state index contributed by atoms with van der Waals surface area (Å²) in [6, 6.07) is 6.26. The van der Waals surface area contributed by atoms with Crippen LogP contribution in [0.1, 0.15) is 12.8 Å². The second-order valence-electron chi connectivity index (χ2n) is 4.10. The molecule has 0 saturated carbocycles. The second-order valence-corrected chi connectivity index (χ2v) is 4.10. The fourth-order valence-corrected chi connectivity index (χ4v) is 1.18. The normalized spacial score (nSPS) is 9.17. The zero-order valence-corrected chi connectivity index (χ0v) is 12.4. The molecule has 24 heavy (non-hydrogen) atoms. The Kier molecular flexibility index (Phi) is 9.74. The molecule has 1 aromatic rings. The van der Waals surface area contributed by atoms with Crippen LogP contribution in [0.3, 0.4) is 0 Å². The first kappa shape index (κ1) is 20.7. The van der Waals surface area contributed by atoms with Gasteiger partial charge in [0.05, 0.1) is 12.8 Å². The molecule has 0 heterocycles. The van der Waals surface area contributed by atoms with Gasteiger partial charge in [-0.15, -0.1) is 0 Å². The number of hydrogen-bond acceptors (Lipinski definition) is 6. The number of para-hydroxylation sites is 2. The largest absolute Gasteiger partial charge is 0.481 e.